The lowest BCUT2D eigenvalue weighted by Gasteiger charge is -2.25. The maximum absolute atomic E-state index is 12.5. The van der Waals surface area contributed by atoms with Gasteiger partial charge in [-0.1, -0.05) is 0 Å². The van der Waals surface area contributed by atoms with Gasteiger partial charge in [-0.3, -0.25) is 14.7 Å². The summed E-state index contributed by atoms with van der Waals surface area (Å²) in [5.41, 5.74) is 8.33. The van der Waals surface area contributed by atoms with Crippen LogP contribution in [0.25, 0.3) is 5.69 Å². The SMILES string of the molecule is CC(C)NC(=O)[C@@H]1C[C@@H](N)CN1Cc1cccn1-c1ccncc1. The van der Waals surface area contributed by atoms with Crippen molar-refractivity contribution in [3.8, 4) is 5.69 Å². The quantitative estimate of drug-likeness (QED) is 0.868. The van der Waals surface area contributed by atoms with Crippen LogP contribution in [-0.2, 0) is 11.3 Å². The van der Waals surface area contributed by atoms with Crippen LogP contribution in [0.2, 0.25) is 0 Å². The second-order valence-corrected chi connectivity index (χ2v) is 6.68. The van der Waals surface area contributed by atoms with Crippen LogP contribution in [0.15, 0.2) is 42.9 Å². The van der Waals surface area contributed by atoms with Crippen molar-refractivity contribution in [1.82, 2.24) is 19.8 Å². The Kier molecular flexibility index (Phi) is 4.97. The number of amides is 1. The number of likely N-dealkylation sites (tertiary alicyclic amines) is 1. The summed E-state index contributed by atoms with van der Waals surface area (Å²) in [5.74, 6) is 0.0694. The number of pyridine rings is 1. The van der Waals surface area contributed by atoms with Crippen LogP contribution >= 0.6 is 0 Å². The predicted octanol–water partition coefficient (Wildman–Crippen LogP) is 1.30. The molecule has 0 saturated carbocycles. The third kappa shape index (κ3) is 3.66. The number of hydrogen-bond acceptors (Lipinski definition) is 4. The first-order valence-corrected chi connectivity index (χ1v) is 8.41. The van der Waals surface area contributed by atoms with E-state index in [2.05, 4.69) is 25.8 Å². The molecule has 0 spiro atoms. The Bertz CT molecular complexity index is 682. The molecular weight excluding hydrogens is 302 g/mol. The molecule has 2 aromatic rings. The molecule has 1 saturated heterocycles. The Morgan fingerprint density at radius 3 is 2.83 bits per heavy atom. The first-order valence-electron chi connectivity index (χ1n) is 8.41. The summed E-state index contributed by atoms with van der Waals surface area (Å²) >= 11 is 0. The number of carbonyl (C=O) groups is 1. The van der Waals surface area contributed by atoms with Crippen molar-refractivity contribution in [3.05, 3.63) is 48.5 Å². The summed E-state index contributed by atoms with van der Waals surface area (Å²) in [7, 11) is 0. The zero-order chi connectivity index (χ0) is 17.1. The molecule has 3 N–H and O–H groups in total. The molecule has 0 bridgehead atoms. The Labute approximate surface area is 142 Å². The van der Waals surface area contributed by atoms with Crippen molar-refractivity contribution in [3.63, 3.8) is 0 Å². The van der Waals surface area contributed by atoms with Gasteiger partial charge in [-0.05, 0) is 44.5 Å². The van der Waals surface area contributed by atoms with Crippen LogP contribution in [0, 0.1) is 0 Å². The van der Waals surface area contributed by atoms with Gasteiger partial charge < -0.3 is 15.6 Å². The molecule has 1 fully saturated rings. The molecule has 1 aliphatic heterocycles. The van der Waals surface area contributed by atoms with Crippen LogP contribution in [0.3, 0.4) is 0 Å². The van der Waals surface area contributed by atoms with Crippen molar-refractivity contribution in [2.45, 2.75) is 44.9 Å². The fourth-order valence-electron chi connectivity index (χ4n) is 3.28. The Balaban J connectivity index is 1.78. The highest BCUT2D eigenvalue weighted by Gasteiger charge is 2.35. The standard InChI is InChI=1S/C18H25N5O/c1-13(2)21-18(24)17-10-14(19)11-22(17)12-16-4-3-9-23(16)15-5-7-20-8-6-15/h3-9,13-14,17H,10-12,19H2,1-2H3,(H,21,24)/t14-,17+/m1/s1. The van der Waals surface area contributed by atoms with Gasteiger partial charge in [-0.15, -0.1) is 0 Å². The summed E-state index contributed by atoms with van der Waals surface area (Å²) in [5, 5.41) is 3.01. The highest BCUT2D eigenvalue weighted by Crippen LogP contribution is 2.22. The Hall–Kier alpha value is -2.18. The summed E-state index contributed by atoms with van der Waals surface area (Å²) < 4.78 is 2.13. The highest BCUT2D eigenvalue weighted by molar-refractivity contribution is 5.82. The van der Waals surface area contributed by atoms with Gasteiger partial charge in [0.15, 0.2) is 0 Å². The smallest absolute Gasteiger partial charge is 0.237 e. The number of hydrogen-bond donors (Lipinski definition) is 2. The topological polar surface area (TPSA) is 76.2 Å². The van der Waals surface area contributed by atoms with E-state index in [4.69, 9.17) is 5.73 Å². The van der Waals surface area contributed by atoms with Crippen LogP contribution in [-0.4, -0.2) is 45.0 Å². The molecular formula is C18H25N5O. The average molecular weight is 327 g/mol. The van der Waals surface area contributed by atoms with Crippen LogP contribution in [0.4, 0.5) is 0 Å². The molecule has 2 aromatic heterocycles. The first kappa shape index (κ1) is 16.7. The van der Waals surface area contributed by atoms with Crippen LogP contribution < -0.4 is 11.1 Å². The Morgan fingerprint density at radius 2 is 2.12 bits per heavy atom. The van der Waals surface area contributed by atoms with E-state index in [-0.39, 0.29) is 24.0 Å². The normalized spacial score (nSPS) is 21.3. The second kappa shape index (κ2) is 7.15. The zero-order valence-corrected chi connectivity index (χ0v) is 14.2. The molecule has 0 aromatic carbocycles. The van der Waals surface area contributed by atoms with Crippen molar-refractivity contribution in [1.29, 1.82) is 0 Å². The van der Waals surface area contributed by atoms with E-state index >= 15 is 0 Å². The molecule has 6 heteroatoms. The van der Waals surface area contributed by atoms with E-state index in [9.17, 15) is 4.79 Å². The molecule has 0 aliphatic carbocycles. The lowest BCUT2D eigenvalue weighted by molar-refractivity contribution is -0.126. The molecule has 1 amide bonds. The zero-order valence-electron chi connectivity index (χ0n) is 14.2. The Morgan fingerprint density at radius 1 is 1.38 bits per heavy atom. The minimum atomic E-state index is -0.164. The van der Waals surface area contributed by atoms with Crippen molar-refractivity contribution >= 4 is 5.91 Å². The van der Waals surface area contributed by atoms with Crippen molar-refractivity contribution in [2.24, 2.45) is 5.73 Å². The maximum Gasteiger partial charge on any atom is 0.237 e. The third-order valence-corrected chi connectivity index (χ3v) is 4.31. The van der Waals surface area contributed by atoms with Gasteiger partial charge in [-0.2, -0.15) is 0 Å². The summed E-state index contributed by atoms with van der Waals surface area (Å²) in [6.07, 6.45) is 6.30. The summed E-state index contributed by atoms with van der Waals surface area (Å²) in [6, 6.07) is 8.07. The van der Waals surface area contributed by atoms with Gasteiger partial charge in [0.1, 0.15) is 0 Å². The van der Waals surface area contributed by atoms with Crippen LogP contribution in [0.1, 0.15) is 26.0 Å². The summed E-state index contributed by atoms with van der Waals surface area (Å²) in [6.45, 7) is 5.38. The largest absolute Gasteiger partial charge is 0.353 e. The number of carbonyl (C=O) groups excluding carboxylic acids is 1. The van der Waals surface area contributed by atoms with E-state index in [0.29, 0.717) is 13.0 Å². The van der Waals surface area contributed by atoms with Crippen molar-refractivity contribution < 1.29 is 4.79 Å². The molecule has 1 aliphatic rings. The number of nitrogens with two attached hydrogens (primary N) is 1. The van der Waals surface area contributed by atoms with E-state index in [1.165, 1.54) is 0 Å². The third-order valence-electron chi connectivity index (χ3n) is 4.31. The van der Waals surface area contributed by atoms with E-state index in [1.807, 2.05) is 38.2 Å². The molecule has 24 heavy (non-hydrogen) atoms. The number of nitrogens with one attached hydrogen (secondary N) is 1. The van der Waals surface area contributed by atoms with Gasteiger partial charge in [0.05, 0.1) is 6.04 Å². The molecule has 3 heterocycles. The second-order valence-electron chi connectivity index (χ2n) is 6.68. The van der Waals surface area contributed by atoms with Gasteiger partial charge in [0.25, 0.3) is 0 Å². The fraction of sp³-hybridized carbons (Fsp3) is 0.444. The lowest BCUT2D eigenvalue weighted by atomic mass is 10.1. The monoisotopic (exact) mass is 327 g/mol. The van der Waals surface area contributed by atoms with Crippen LogP contribution in [0.5, 0.6) is 0 Å². The number of rotatable bonds is 5. The van der Waals surface area contributed by atoms with E-state index < -0.39 is 0 Å². The van der Waals surface area contributed by atoms with Gasteiger partial charge in [0, 0.05) is 55.1 Å². The molecule has 128 valence electrons. The van der Waals surface area contributed by atoms with E-state index in [1.54, 1.807) is 12.4 Å². The molecule has 2 atom stereocenters. The number of aromatic nitrogens is 2. The fourth-order valence-corrected chi connectivity index (χ4v) is 3.28. The van der Waals surface area contributed by atoms with Gasteiger partial charge >= 0.3 is 0 Å². The number of nitrogens with zero attached hydrogens (tertiary/aromatic N) is 3. The molecule has 3 rings (SSSR count). The highest BCUT2D eigenvalue weighted by atomic mass is 16.2. The minimum absolute atomic E-state index is 0.0391. The molecule has 6 nitrogen and oxygen atoms in total. The van der Waals surface area contributed by atoms with Crippen molar-refractivity contribution in [2.75, 3.05) is 6.54 Å². The lowest BCUT2D eigenvalue weighted by Crippen LogP contribution is -2.45. The van der Waals surface area contributed by atoms with Gasteiger partial charge in [-0.25, -0.2) is 0 Å². The van der Waals surface area contributed by atoms with Gasteiger partial charge in [0.2, 0.25) is 5.91 Å². The average Bonchev–Trinajstić information content (AvgIpc) is 3.14. The molecule has 0 radical (unpaired) electrons. The van der Waals surface area contributed by atoms with E-state index in [0.717, 1.165) is 17.9 Å². The minimum Gasteiger partial charge on any atom is -0.353 e. The molecule has 0 unspecified atom stereocenters. The first-order chi connectivity index (χ1) is 11.5. The summed E-state index contributed by atoms with van der Waals surface area (Å²) in [4.78, 5) is 18.7. The maximum atomic E-state index is 12.5. The predicted molar refractivity (Wildman–Crippen MR) is 93.6 cm³/mol.